The average molecular weight is 224 g/mol. The first kappa shape index (κ1) is 12.1. The highest BCUT2D eigenvalue weighted by atomic mass is 16.7. The number of rotatable bonds is 1. The lowest BCUT2D eigenvalue weighted by Crippen LogP contribution is -2.41. The summed E-state index contributed by atoms with van der Waals surface area (Å²) in [5.74, 6) is 0.331. The van der Waals surface area contributed by atoms with Gasteiger partial charge in [0.25, 0.3) is 0 Å². The van der Waals surface area contributed by atoms with E-state index in [1.807, 2.05) is 27.7 Å². The molecule has 0 aromatic carbocycles. The minimum atomic E-state index is -0.299. The summed E-state index contributed by atoms with van der Waals surface area (Å²) in [5, 5.41) is -0.137. The Labute approximate surface area is 98.0 Å². The molecule has 0 aromatic heterocycles. The maximum Gasteiger partial charge on any atom is 0.464 e. The fourth-order valence-corrected chi connectivity index (χ4v) is 2.38. The van der Waals surface area contributed by atoms with Gasteiger partial charge in [-0.15, -0.1) is 0 Å². The van der Waals surface area contributed by atoms with Crippen LogP contribution in [0.3, 0.4) is 0 Å². The summed E-state index contributed by atoms with van der Waals surface area (Å²) in [7, 11) is -0.246. The zero-order valence-electron chi connectivity index (χ0n) is 10.9. The highest BCUT2D eigenvalue weighted by Gasteiger charge is 2.59. The van der Waals surface area contributed by atoms with Crippen LogP contribution in [0, 0.1) is 0 Å². The molecule has 0 aromatic rings. The van der Waals surface area contributed by atoms with Crippen LogP contribution < -0.4 is 0 Å². The molecule has 1 atom stereocenters. The fraction of sp³-hybridized carbons (Fsp3) is 0.917. The Bertz CT molecular complexity index is 308. The number of hydrogen-bond acceptors (Lipinski definition) is 3. The lowest BCUT2D eigenvalue weighted by Gasteiger charge is -2.32. The molecule has 2 aliphatic rings. The molecule has 2 rings (SSSR count). The number of carbonyl (C=O) groups is 1. The quantitative estimate of drug-likeness (QED) is 0.642. The van der Waals surface area contributed by atoms with Gasteiger partial charge in [0.05, 0.1) is 11.2 Å². The predicted octanol–water partition coefficient (Wildman–Crippen LogP) is 2.59. The van der Waals surface area contributed by atoms with Crippen molar-refractivity contribution >= 4 is 12.9 Å². The van der Waals surface area contributed by atoms with Gasteiger partial charge in [0, 0.05) is 18.2 Å². The first-order valence-electron chi connectivity index (χ1n) is 6.04. The second-order valence-corrected chi connectivity index (χ2v) is 6.46. The van der Waals surface area contributed by atoms with E-state index in [-0.39, 0.29) is 23.6 Å². The molecule has 0 radical (unpaired) electrons. The monoisotopic (exact) mass is 224 g/mol. The Morgan fingerprint density at radius 3 is 1.94 bits per heavy atom. The topological polar surface area (TPSA) is 35.5 Å². The Balaban J connectivity index is 2.17. The molecule has 0 bridgehead atoms. The standard InChI is InChI=1S/C12H21BO3/c1-10(2)11(3,4)16-13(15-10)12(5)7-6-9(14)8-12/h6-8H2,1-5H3/t12-/m1/s1. The van der Waals surface area contributed by atoms with E-state index in [2.05, 4.69) is 6.92 Å². The lowest BCUT2D eigenvalue weighted by molar-refractivity contribution is -0.117. The summed E-state index contributed by atoms with van der Waals surface area (Å²) in [6.07, 6.45) is 2.13. The molecule has 1 saturated heterocycles. The van der Waals surface area contributed by atoms with Gasteiger partial charge in [-0.1, -0.05) is 6.92 Å². The molecule has 1 aliphatic heterocycles. The number of ketones is 1. The minimum absolute atomic E-state index is 0.137. The van der Waals surface area contributed by atoms with Gasteiger partial charge in [-0.3, -0.25) is 4.79 Å². The van der Waals surface area contributed by atoms with E-state index in [1.54, 1.807) is 0 Å². The molecule has 16 heavy (non-hydrogen) atoms. The number of Topliss-reactive ketones (excluding diaryl/α,β-unsaturated/α-hetero) is 1. The van der Waals surface area contributed by atoms with E-state index >= 15 is 0 Å². The Hall–Kier alpha value is -0.345. The van der Waals surface area contributed by atoms with E-state index in [1.165, 1.54) is 0 Å². The van der Waals surface area contributed by atoms with Crippen molar-refractivity contribution < 1.29 is 14.1 Å². The molecule has 2 fully saturated rings. The Morgan fingerprint density at radius 2 is 1.56 bits per heavy atom. The van der Waals surface area contributed by atoms with Crippen LogP contribution in [0.25, 0.3) is 0 Å². The fourth-order valence-electron chi connectivity index (χ4n) is 2.38. The van der Waals surface area contributed by atoms with Gasteiger partial charge in [0.2, 0.25) is 0 Å². The van der Waals surface area contributed by atoms with Crippen molar-refractivity contribution in [3.63, 3.8) is 0 Å². The van der Waals surface area contributed by atoms with Crippen molar-refractivity contribution in [2.45, 2.75) is 70.4 Å². The smallest absolute Gasteiger partial charge is 0.403 e. The summed E-state index contributed by atoms with van der Waals surface area (Å²) < 4.78 is 12.0. The lowest BCUT2D eigenvalue weighted by atomic mass is 9.57. The van der Waals surface area contributed by atoms with Crippen molar-refractivity contribution in [2.75, 3.05) is 0 Å². The molecule has 0 amide bonds. The molecule has 0 spiro atoms. The van der Waals surface area contributed by atoms with Crippen molar-refractivity contribution in [3.05, 3.63) is 0 Å². The Kier molecular flexibility index (Phi) is 2.52. The molecule has 1 aliphatic carbocycles. The number of hydrogen-bond donors (Lipinski definition) is 0. The van der Waals surface area contributed by atoms with Crippen LogP contribution in [-0.2, 0) is 14.1 Å². The molecule has 3 nitrogen and oxygen atoms in total. The van der Waals surface area contributed by atoms with E-state index in [4.69, 9.17) is 9.31 Å². The number of carbonyl (C=O) groups excluding carboxylic acids is 1. The van der Waals surface area contributed by atoms with Crippen LogP contribution in [0.15, 0.2) is 0 Å². The average Bonchev–Trinajstić information content (AvgIpc) is 2.54. The third kappa shape index (κ3) is 1.72. The van der Waals surface area contributed by atoms with E-state index in [0.29, 0.717) is 18.6 Å². The second-order valence-electron chi connectivity index (χ2n) is 6.46. The molecular formula is C12H21BO3. The van der Waals surface area contributed by atoms with Gasteiger partial charge < -0.3 is 9.31 Å². The zero-order valence-corrected chi connectivity index (χ0v) is 10.9. The molecule has 1 saturated carbocycles. The second kappa shape index (κ2) is 3.33. The predicted molar refractivity (Wildman–Crippen MR) is 63.3 cm³/mol. The van der Waals surface area contributed by atoms with Gasteiger partial charge in [-0.2, -0.15) is 0 Å². The van der Waals surface area contributed by atoms with Crippen LogP contribution >= 0.6 is 0 Å². The summed E-state index contributed by atoms with van der Waals surface area (Å²) in [5.41, 5.74) is -0.599. The van der Waals surface area contributed by atoms with Gasteiger partial charge >= 0.3 is 7.12 Å². The maximum absolute atomic E-state index is 11.4. The Morgan fingerprint density at radius 1 is 1.06 bits per heavy atom. The van der Waals surface area contributed by atoms with Gasteiger partial charge in [0.1, 0.15) is 5.78 Å². The largest absolute Gasteiger partial charge is 0.464 e. The van der Waals surface area contributed by atoms with E-state index < -0.39 is 0 Å². The maximum atomic E-state index is 11.4. The van der Waals surface area contributed by atoms with Gasteiger partial charge in [-0.05, 0) is 34.1 Å². The molecule has 0 unspecified atom stereocenters. The van der Waals surface area contributed by atoms with Crippen LogP contribution in [0.5, 0.6) is 0 Å². The summed E-state index contributed by atoms with van der Waals surface area (Å²) in [4.78, 5) is 11.4. The highest BCUT2D eigenvalue weighted by molar-refractivity contribution is 6.50. The van der Waals surface area contributed by atoms with E-state index in [0.717, 1.165) is 6.42 Å². The van der Waals surface area contributed by atoms with Gasteiger partial charge in [-0.25, -0.2) is 0 Å². The molecular weight excluding hydrogens is 203 g/mol. The van der Waals surface area contributed by atoms with Crippen molar-refractivity contribution in [2.24, 2.45) is 0 Å². The summed E-state index contributed by atoms with van der Waals surface area (Å²) in [6.45, 7) is 10.3. The van der Waals surface area contributed by atoms with Crippen molar-refractivity contribution in [3.8, 4) is 0 Å². The summed E-state index contributed by atoms with van der Waals surface area (Å²) >= 11 is 0. The van der Waals surface area contributed by atoms with Gasteiger partial charge in [0.15, 0.2) is 0 Å². The van der Waals surface area contributed by atoms with Crippen LogP contribution in [0.4, 0.5) is 0 Å². The SMILES string of the molecule is CC1(C)OB([C@]2(C)CCC(=O)C2)OC1(C)C. The first-order chi connectivity index (χ1) is 7.16. The van der Waals surface area contributed by atoms with Crippen LogP contribution in [-0.4, -0.2) is 24.1 Å². The zero-order chi connectivity index (χ0) is 12.2. The normalized spacial score (nSPS) is 37.1. The third-order valence-corrected chi connectivity index (χ3v) is 4.40. The van der Waals surface area contributed by atoms with Crippen LogP contribution in [0.1, 0.15) is 53.9 Å². The van der Waals surface area contributed by atoms with Crippen molar-refractivity contribution in [1.29, 1.82) is 0 Å². The molecule has 0 N–H and O–H groups in total. The van der Waals surface area contributed by atoms with Crippen LogP contribution in [0.2, 0.25) is 5.31 Å². The first-order valence-corrected chi connectivity index (χ1v) is 6.04. The van der Waals surface area contributed by atoms with E-state index in [9.17, 15) is 4.79 Å². The third-order valence-electron chi connectivity index (χ3n) is 4.40. The minimum Gasteiger partial charge on any atom is -0.403 e. The molecule has 90 valence electrons. The highest BCUT2D eigenvalue weighted by Crippen LogP contribution is 2.51. The van der Waals surface area contributed by atoms with Crippen molar-refractivity contribution in [1.82, 2.24) is 0 Å². The molecule has 1 heterocycles. The molecule has 4 heteroatoms. The summed E-state index contributed by atoms with van der Waals surface area (Å²) in [6, 6.07) is 0.